The standard InChI is InChI=1S/C14H12BrClN4/c1-7-5-9(15)12(6-10(7)16)20-13-11(19-14(20)17)4-3-8(2)18-13/h3-6H,1-2H3,(H2,17,19). The first-order valence-electron chi connectivity index (χ1n) is 6.05. The number of nitrogens with two attached hydrogens (primary N) is 1. The SMILES string of the molecule is Cc1ccc2nc(N)n(-c3cc(Cl)c(C)cc3Br)c2n1. The van der Waals surface area contributed by atoms with Crippen molar-refractivity contribution in [2.75, 3.05) is 5.73 Å². The van der Waals surface area contributed by atoms with E-state index in [9.17, 15) is 0 Å². The first kappa shape index (κ1) is 13.4. The number of halogens is 2. The molecular formula is C14H12BrClN4. The zero-order chi connectivity index (χ0) is 14.4. The third kappa shape index (κ3) is 2.07. The van der Waals surface area contributed by atoms with Crippen molar-refractivity contribution in [3.8, 4) is 5.69 Å². The molecule has 0 aliphatic heterocycles. The normalized spacial score (nSPS) is 11.2. The Morgan fingerprint density at radius 1 is 1.20 bits per heavy atom. The van der Waals surface area contributed by atoms with Crippen molar-refractivity contribution in [1.29, 1.82) is 0 Å². The average molecular weight is 352 g/mol. The number of nitrogens with zero attached hydrogens (tertiary/aromatic N) is 3. The molecule has 1 aromatic carbocycles. The smallest absolute Gasteiger partial charge is 0.207 e. The summed E-state index contributed by atoms with van der Waals surface area (Å²) < 4.78 is 2.70. The van der Waals surface area contributed by atoms with Gasteiger partial charge in [-0.1, -0.05) is 11.6 Å². The van der Waals surface area contributed by atoms with Gasteiger partial charge in [0.1, 0.15) is 5.52 Å². The fourth-order valence-electron chi connectivity index (χ4n) is 2.11. The van der Waals surface area contributed by atoms with Gasteiger partial charge >= 0.3 is 0 Å². The number of hydrogen-bond donors (Lipinski definition) is 1. The Hall–Kier alpha value is -1.59. The summed E-state index contributed by atoms with van der Waals surface area (Å²) in [6.45, 7) is 3.89. The van der Waals surface area contributed by atoms with Crippen LogP contribution in [-0.2, 0) is 0 Å². The molecule has 0 amide bonds. The van der Waals surface area contributed by atoms with Crippen molar-refractivity contribution in [3.63, 3.8) is 0 Å². The molecule has 0 spiro atoms. The molecule has 2 N–H and O–H groups in total. The van der Waals surface area contributed by atoms with Crippen molar-refractivity contribution in [1.82, 2.24) is 14.5 Å². The summed E-state index contributed by atoms with van der Waals surface area (Å²) in [5.41, 5.74) is 10.3. The summed E-state index contributed by atoms with van der Waals surface area (Å²) >= 11 is 9.77. The van der Waals surface area contributed by atoms with Gasteiger partial charge in [-0.25, -0.2) is 9.97 Å². The Morgan fingerprint density at radius 3 is 2.70 bits per heavy atom. The zero-order valence-electron chi connectivity index (χ0n) is 11.0. The largest absolute Gasteiger partial charge is 0.369 e. The Morgan fingerprint density at radius 2 is 1.95 bits per heavy atom. The van der Waals surface area contributed by atoms with E-state index in [0.717, 1.165) is 32.6 Å². The number of aryl methyl sites for hydroxylation is 2. The monoisotopic (exact) mass is 350 g/mol. The van der Waals surface area contributed by atoms with Crippen LogP contribution >= 0.6 is 27.5 Å². The van der Waals surface area contributed by atoms with Crippen molar-refractivity contribution < 1.29 is 0 Å². The predicted octanol–water partition coefficient (Wildman–Crippen LogP) is 4.04. The lowest BCUT2D eigenvalue weighted by Crippen LogP contribution is -2.03. The Balaban J connectivity index is 2.37. The molecule has 0 saturated heterocycles. The molecule has 0 radical (unpaired) electrons. The van der Waals surface area contributed by atoms with Crippen molar-refractivity contribution in [2.45, 2.75) is 13.8 Å². The fourth-order valence-corrected chi connectivity index (χ4v) is 2.91. The topological polar surface area (TPSA) is 56.7 Å². The molecule has 6 heteroatoms. The van der Waals surface area contributed by atoms with Crippen LogP contribution in [0.15, 0.2) is 28.7 Å². The van der Waals surface area contributed by atoms with Crippen LogP contribution in [-0.4, -0.2) is 14.5 Å². The second kappa shape index (κ2) is 4.75. The van der Waals surface area contributed by atoms with Crippen LogP contribution in [0.25, 0.3) is 16.9 Å². The number of pyridine rings is 1. The second-order valence-electron chi connectivity index (χ2n) is 4.65. The van der Waals surface area contributed by atoms with Crippen LogP contribution < -0.4 is 5.73 Å². The van der Waals surface area contributed by atoms with Gasteiger partial charge in [0.15, 0.2) is 5.65 Å². The van der Waals surface area contributed by atoms with E-state index in [4.69, 9.17) is 17.3 Å². The van der Waals surface area contributed by atoms with Crippen molar-refractivity contribution >= 4 is 44.6 Å². The zero-order valence-corrected chi connectivity index (χ0v) is 13.3. The molecule has 0 aliphatic carbocycles. The summed E-state index contributed by atoms with van der Waals surface area (Å²) in [5.74, 6) is 0.388. The van der Waals surface area contributed by atoms with Crippen LogP contribution in [0.1, 0.15) is 11.3 Å². The van der Waals surface area contributed by atoms with Gasteiger partial charge in [-0.05, 0) is 59.6 Å². The van der Waals surface area contributed by atoms with Crippen LogP contribution in [0.4, 0.5) is 5.95 Å². The number of benzene rings is 1. The van der Waals surface area contributed by atoms with Crippen LogP contribution in [0.2, 0.25) is 5.02 Å². The summed E-state index contributed by atoms with van der Waals surface area (Å²) in [6, 6.07) is 7.64. The van der Waals surface area contributed by atoms with Crippen LogP contribution in [0.5, 0.6) is 0 Å². The molecule has 0 saturated carbocycles. The first-order chi connectivity index (χ1) is 9.47. The number of fused-ring (bicyclic) bond motifs is 1. The van der Waals surface area contributed by atoms with Crippen LogP contribution in [0, 0.1) is 13.8 Å². The molecule has 20 heavy (non-hydrogen) atoms. The minimum absolute atomic E-state index is 0.388. The van der Waals surface area contributed by atoms with E-state index in [0.29, 0.717) is 11.0 Å². The van der Waals surface area contributed by atoms with Gasteiger partial charge in [0.05, 0.1) is 5.69 Å². The molecule has 102 valence electrons. The van der Waals surface area contributed by atoms with Gasteiger partial charge in [0.25, 0.3) is 0 Å². The lowest BCUT2D eigenvalue weighted by Gasteiger charge is -2.10. The van der Waals surface area contributed by atoms with Gasteiger partial charge in [-0.3, -0.25) is 4.57 Å². The first-order valence-corrected chi connectivity index (χ1v) is 7.22. The highest BCUT2D eigenvalue weighted by Gasteiger charge is 2.15. The summed E-state index contributed by atoms with van der Waals surface area (Å²) in [6.07, 6.45) is 0. The third-order valence-electron chi connectivity index (χ3n) is 3.14. The number of hydrogen-bond acceptors (Lipinski definition) is 3. The summed E-state index contributed by atoms with van der Waals surface area (Å²) in [5, 5.41) is 0.678. The molecule has 0 fully saturated rings. The fraction of sp³-hybridized carbons (Fsp3) is 0.143. The van der Waals surface area contributed by atoms with Gasteiger partial charge in [0, 0.05) is 15.2 Å². The maximum Gasteiger partial charge on any atom is 0.207 e. The molecule has 3 rings (SSSR count). The summed E-state index contributed by atoms with van der Waals surface area (Å²) in [7, 11) is 0. The summed E-state index contributed by atoms with van der Waals surface area (Å²) in [4.78, 5) is 8.86. The predicted molar refractivity (Wildman–Crippen MR) is 85.5 cm³/mol. The van der Waals surface area contributed by atoms with Gasteiger partial charge in [-0.2, -0.15) is 0 Å². The number of nitrogen functional groups attached to an aromatic ring is 1. The Bertz CT molecular complexity index is 826. The van der Waals surface area contributed by atoms with Crippen molar-refractivity contribution in [2.24, 2.45) is 0 Å². The number of aromatic nitrogens is 3. The maximum atomic E-state index is 6.22. The van der Waals surface area contributed by atoms with E-state index in [2.05, 4.69) is 25.9 Å². The van der Waals surface area contributed by atoms with Gasteiger partial charge in [-0.15, -0.1) is 0 Å². The van der Waals surface area contributed by atoms with E-state index in [1.165, 1.54) is 0 Å². The van der Waals surface area contributed by atoms with Gasteiger partial charge < -0.3 is 5.73 Å². The van der Waals surface area contributed by atoms with E-state index in [-0.39, 0.29) is 0 Å². The molecule has 2 aromatic heterocycles. The molecule has 0 aliphatic rings. The number of rotatable bonds is 1. The highest BCUT2D eigenvalue weighted by molar-refractivity contribution is 9.10. The van der Waals surface area contributed by atoms with Crippen molar-refractivity contribution in [3.05, 3.63) is 45.0 Å². The Kier molecular flexibility index (Phi) is 3.18. The highest BCUT2D eigenvalue weighted by Crippen LogP contribution is 2.31. The average Bonchev–Trinajstić information content (AvgIpc) is 2.69. The van der Waals surface area contributed by atoms with Crippen LogP contribution in [0.3, 0.4) is 0 Å². The second-order valence-corrected chi connectivity index (χ2v) is 5.92. The molecule has 0 atom stereocenters. The lowest BCUT2D eigenvalue weighted by atomic mass is 10.2. The molecule has 3 aromatic rings. The molecule has 0 unspecified atom stereocenters. The molecule has 2 heterocycles. The van der Waals surface area contributed by atoms with E-state index in [1.807, 2.05) is 38.1 Å². The minimum atomic E-state index is 0.388. The van der Waals surface area contributed by atoms with E-state index in [1.54, 1.807) is 4.57 Å². The van der Waals surface area contributed by atoms with E-state index < -0.39 is 0 Å². The number of imidazole rings is 1. The molecule has 4 nitrogen and oxygen atoms in total. The Labute approximate surface area is 129 Å². The van der Waals surface area contributed by atoms with E-state index >= 15 is 0 Å². The molecule has 0 bridgehead atoms. The highest BCUT2D eigenvalue weighted by atomic mass is 79.9. The maximum absolute atomic E-state index is 6.22. The molecular weight excluding hydrogens is 340 g/mol. The third-order valence-corrected chi connectivity index (χ3v) is 4.18. The minimum Gasteiger partial charge on any atom is -0.369 e. The van der Waals surface area contributed by atoms with Gasteiger partial charge in [0.2, 0.25) is 5.95 Å². The lowest BCUT2D eigenvalue weighted by molar-refractivity contribution is 1.06. The quantitative estimate of drug-likeness (QED) is 0.720. The number of anilines is 1.